The highest BCUT2D eigenvalue weighted by atomic mass is 16.5. The van der Waals surface area contributed by atoms with E-state index in [0.717, 1.165) is 22.3 Å². The summed E-state index contributed by atoms with van der Waals surface area (Å²) in [4.78, 5) is 0. The van der Waals surface area contributed by atoms with Crippen LogP contribution in [0.25, 0.3) is 0 Å². The molecule has 0 aromatic heterocycles. The molecule has 0 radical (unpaired) electrons. The molecule has 320 valence electrons. The van der Waals surface area contributed by atoms with E-state index in [9.17, 15) is 30.6 Å². The zero-order chi connectivity index (χ0) is 44.5. The highest BCUT2D eigenvalue weighted by Gasteiger charge is 2.35. The van der Waals surface area contributed by atoms with Crippen molar-refractivity contribution < 1.29 is 40.1 Å². The molecule has 6 N–H and O–H groups in total. The molecule has 0 aliphatic heterocycles. The molecule has 9 rings (SSSR count). The number of methoxy groups -OCH3 is 2. The van der Waals surface area contributed by atoms with Crippen LogP contribution in [-0.4, -0.2) is 44.9 Å². The van der Waals surface area contributed by atoms with Crippen LogP contribution in [0, 0.1) is 0 Å². The SMILES string of the molecule is COc1cc(O)c2cc1C(c1ccccc1)c1cc(c(OC)cc1O)C(c1ccccc1)c1cc(c(CO)cc1O)C(c1ccccc1)c1cc(c(CO)cc1O)C2c1ccccc1. The molecule has 0 fully saturated rings. The molecule has 8 aromatic carbocycles. The molecule has 0 saturated carbocycles. The number of aliphatic hydroxyl groups excluding tert-OH is 2. The molecule has 0 heterocycles. The lowest BCUT2D eigenvalue weighted by molar-refractivity contribution is 0.279. The highest BCUT2D eigenvalue weighted by molar-refractivity contribution is 5.66. The Morgan fingerprint density at radius 1 is 0.328 bits per heavy atom. The van der Waals surface area contributed by atoms with E-state index in [-0.39, 0.29) is 23.0 Å². The number of hydrogen-bond acceptors (Lipinski definition) is 8. The van der Waals surface area contributed by atoms with E-state index in [0.29, 0.717) is 67.1 Å². The molecular weight excluding hydrogens is 801 g/mol. The maximum Gasteiger partial charge on any atom is 0.126 e. The number of aromatic hydroxyl groups is 4. The van der Waals surface area contributed by atoms with Gasteiger partial charge in [-0.2, -0.15) is 0 Å². The molecule has 1 aliphatic carbocycles. The van der Waals surface area contributed by atoms with Crippen LogP contribution >= 0.6 is 0 Å². The van der Waals surface area contributed by atoms with Gasteiger partial charge in [-0.1, -0.05) is 121 Å². The maximum atomic E-state index is 12.2. The minimum Gasteiger partial charge on any atom is -0.508 e. The summed E-state index contributed by atoms with van der Waals surface area (Å²) >= 11 is 0. The normalized spacial score (nSPS) is 16.8. The molecule has 8 nitrogen and oxygen atoms in total. The third-order valence-electron chi connectivity index (χ3n) is 12.7. The van der Waals surface area contributed by atoms with Crippen LogP contribution in [0.15, 0.2) is 170 Å². The summed E-state index contributed by atoms with van der Waals surface area (Å²) in [5, 5.41) is 71.2. The number of hydrogen-bond donors (Lipinski definition) is 6. The van der Waals surface area contributed by atoms with E-state index in [1.54, 1.807) is 38.5 Å². The van der Waals surface area contributed by atoms with Gasteiger partial charge in [-0.05, 0) is 80.9 Å². The van der Waals surface area contributed by atoms with Crippen LogP contribution in [0.4, 0.5) is 0 Å². The van der Waals surface area contributed by atoms with Crippen molar-refractivity contribution in [3.63, 3.8) is 0 Å². The van der Waals surface area contributed by atoms with Gasteiger partial charge in [0.1, 0.15) is 34.5 Å². The van der Waals surface area contributed by atoms with Gasteiger partial charge < -0.3 is 40.1 Å². The monoisotopic (exact) mass is 848 g/mol. The summed E-state index contributed by atoms with van der Waals surface area (Å²) in [5.41, 5.74) is 8.63. The molecule has 0 saturated heterocycles. The minimum absolute atomic E-state index is 0.0471. The topological polar surface area (TPSA) is 140 Å². The fourth-order valence-electron chi connectivity index (χ4n) is 9.77. The van der Waals surface area contributed by atoms with Crippen molar-refractivity contribution in [2.24, 2.45) is 0 Å². The lowest BCUT2D eigenvalue weighted by Gasteiger charge is -2.31. The summed E-state index contributed by atoms with van der Waals surface area (Å²) in [7, 11) is 3.09. The Balaban J connectivity index is 1.51. The largest absolute Gasteiger partial charge is 0.508 e. The Labute approximate surface area is 372 Å². The van der Waals surface area contributed by atoms with Gasteiger partial charge in [0.15, 0.2) is 0 Å². The predicted octanol–water partition coefficient (Wildman–Crippen LogP) is 10.5. The quantitative estimate of drug-likeness (QED) is 0.0888. The Bertz CT molecular complexity index is 2530. The summed E-state index contributed by atoms with van der Waals surface area (Å²) in [6.07, 6.45) is 0. The number of ether oxygens (including phenoxy) is 2. The highest BCUT2D eigenvalue weighted by Crippen LogP contribution is 2.52. The number of benzene rings is 8. The molecule has 0 spiro atoms. The van der Waals surface area contributed by atoms with Crippen LogP contribution in [0.2, 0.25) is 0 Å². The molecule has 4 unspecified atom stereocenters. The number of phenolic OH excluding ortho intramolecular Hbond substituents is 4. The van der Waals surface area contributed by atoms with Crippen molar-refractivity contribution in [1.29, 1.82) is 0 Å². The lowest BCUT2D eigenvalue weighted by atomic mass is 9.74. The Hall–Kier alpha value is -7.52. The molecule has 8 heteroatoms. The van der Waals surface area contributed by atoms with Gasteiger partial charge in [-0.3, -0.25) is 0 Å². The third-order valence-corrected chi connectivity index (χ3v) is 12.7. The first-order valence-corrected chi connectivity index (χ1v) is 21.2. The van der Waals surface area contributed by atoms with Crippen molar-refractivity contribution in [3.8, 4) is 34.5 Å². The van der Waals surface area contributed by atoms with Gasteiger partial charge in [-0.25, -0.2) is 0 Å². The summed E-state index contributed by atoms with van der Waals surface area (Å²) in [5.74, 6) is -2.30. The van der Waals surface area contributed by atoms with Crippen LogP contribution in [0.3, 0.4) is 0 Å². The lowest BCUT2D eigenvalue weighted by Crippen LogP contribution is -2.15. The standard InChI is InChI=1S/C56H48O8/c1-63-51-29-49(61)43-27-45(51)56(36-21-13-6-14-22-36)44-28-46(52(64-2)30-50(44)62)55(35-19-11-5-12-20-35)42-26-40(38(32-58)24-48(42)60)53(33-15-7-3-8-16-33)41-25-39(37(31-57)23-47(41)59)54(43)34-17-9-4-10-18-34/h3-30,53-62H,31-32H2,1-2H3. The fraction of sp³-hybridized carbons (Fsp3) is 0.143. The minimum atomic E-state index is -0.713. The first-order valence-electron chi connectivity index (χ1n) is 21.2. The van der Waals surface area contributed by atoms with Crippen molar-refractivity contribution in [3.05, 3.63) is 248 Å². The second kappa shape index (κ2) is 17.7. The molecule has 8 bridgehead atoms. The smallest absolute Gasteiger partial charge is 0.126 e. The van der Waals surface area contributed by atoms with Gasteiger partial charge in [0, 0.05) is 69.2 Å². The van der Waals surface area contributed by atoms with E-state index in [1.165, 1.54) is 0 Å². The van der Waals surface area contributed by atoms with Gasteiger partial charge in [0.05, 0.1) is 27.4 Å². The second-order valence-electron chi connectivity index (χ2n) is 16.2. The zero-order valence-electron chi connectivity index (χ0n) is 35.4. The van der Waals surface area contributed by atoms with E-state index < -0.39 is 36.9 Å². The van der Waals surface area contributed by atoms with Gasteiger partial charge >= 0.3 is 0 Å². The maximum absolute atomic E-state index is 12.2. The van der Waals surface area contributed by atoms with E-state index >= 15 is 0 Å². The van der Waals surface area contributed by atoms with Crippen molar-refractivity contribution in [2.75, 3.05) is 14.2 Å². The molecule has 8 aromatic rings. The molecular formula is C56H48O8. The Morgan fingerprint density at radius 2 is 0.578 bits per heavy atom. The number of phenols is 4. The first kappa shape index (κ1) is 41.8. The summed E-state index contributed by atoms with van der Waals surface area (Å²) in [6, 6.07) is 52.8. The third kappa shape index (κ3) is 7.46. The van der Waals surface area contributed by atoms with Crippen molar-refractivity contribution >= 4 is 0 Å². The molecule has 0 amide bonds. The average Bonchev–Trinajstić information content (AvgIpc) is 3.33. The van der Waals surface area contributed by atoms with Crippen LogP contribution in [-0.2, 0) is 13.2 Å². The number of rotatable bonds is 8. The first-order chi connectivity index (χ1) is 31.2. The van der Waals surface area contributed by atoms with Crippen molar-refractivity contribution in [1.82, 2.24) is 0 Å². The second-order valence-corrected chi connectivity index (χ2v) is 16.2. The summed E-state index contributed by atoms with van der Waals surface area (Å²) < 4.78 is 12.2. The molecule has 64 heavy (non-hydrogen) atoms. The summed E-state index contributed by atoms with van der Waals surface area (Å²) in [6.45, 7) is -0.850. The number of fused-ring (bicyclic) bond motifs is 8. The fourth-order valence-corrected chi connectivity index (χ4v) is 9.77. The van der Waals surface area contributed by atoms with Gasteiger partial charge in [-0.15, -0.1) is 0 Å². The van der Waals surface area contributed by atoms with Gasteiger partial charge in [0.25, 0.3) is 0 Å². The van der Waals surface area contributed by atoms with Crippen molar-refractivity contribution in [2.45, 2.75) is 36.9 Å². The van der Waals surface area contributed by atoms with E-state index in [4.69, 9.17) is 9.47 Å². The van der Waals surface area contributed by atoms with E-state index in [2.05, 4.69) is 0 Å². The molecule has 4 atom stereocenters. The van der Waals surface area contributed by atoms with Crippen LogP contribution in [0.1, 0.15) is 102 Å². The zero-order valence-corrected chi connectivity index (χ0v) is 35.4. The van der Waals surface area contributed by atoms with Crippen LogP contribution in [0.5, 0.6) is 34.5 Å². The Morgan fingerprint density at radius 3 is 0.844 bits per heavy atom. The Kier molecular flexibility index (Phi) is 11.6. The number of aliphatic hydroxyl groups is 2. The average molecular weight is 849 g/mol. The molecule has 1 aliphatic rings. The van der Waals surface area contributed by atoms with Crippen LogP contribution < -0.4 is 9.47 Å². The van der Waals surface area contributed by atoms with E-state index in [1.807, 2.05) is 146 Å². The predicted molar refractivity (Wildman–Crippen MR) is 247 cm³/mol. The van der Waals surface area contributed by atoms with Gasteiger partial charge in [0.2, 0.25) is 0 Å².